The van der Waals surface area contributed by atoms with Crippen LogP contribution < -0.4 is 10.6 Å². The van der Waals surface area contributed by atoms with Gasteiger partial charge in [-0.1, -0.05) is 0 Å². The number of hydrogen-bond acceptors (Lipinski definition) is 4. The second kappa shape index (κ2) is 5.38. The highest BCUT2D eigenvalue weighted by Crippen LogP contribution is 2.21. The number of nitrogen functional groups attached to an aromatic ring is 1. The summed E-state index contributed by atoms with van der Waals surface area (Å²) in [6.45, 7) is 7.12. The number of benzene rings is 1. The first-order chi connectivity index (χ1) is 8.19. The predicted molar refractivity (Wildman–Crippen MR) is 71.3 cm³/mol. The molecule has 4 heteroatoms. The van der Waals surface area contributed by atoms with Gasteiger partial charge in [-0.3, -0.25) is 4.90 Å². The zero-order valence-corrected chi connectivity index (χ0v) is 10.4. The number of nitrogens with two attached hydrogens (primary N) is 1. The fraction of sp³-hybridized carbons (Fsp3) is 0.538. The highest BCUT2D eigenvalue weighted by Gasteiger charge is 2.16. The molecule has 0 bridgehead atoms. The van der Waals surface area contributed by atoms with Crippen LogP contribution in [-0.4, -0.2) is 49.3 Å². The van der Waals surface area contributed by atoms with E-state index in [0.29, 0.717) is 0 Å². The van der Waals surface area contributed by atoms with E-state index in [4.69, 9.17) is 10.8 Å². The second-order valence-electron chi connectivity index (χ2n) is 4.65. The Bertz CT molecular complexity index is 353. The number of rotatable bonds is 3. The summed E-state index contributed by atoms with van der Waals surface area (Å²) in [5.74, 6) is 0. The zero-order chi connectivity index (χ0) is 12.3. The van der Waals surface area contributed by atoms with Crippen molar-refractivity contribution in [2.75, 3.05) is 50.0 Å². The van der Waals surface area contributed by atoms with E-state index < -0.39 is 0 Å². The number of aliphatic hydroxyl groups excluding tert-OH is 1. The Morgan fingerprint density at radius 2 is 1.88 bits per heavy atom. The lowest BCUT2D eigenvalue weighted by Crippen LogP contribution is -2.47. The summed E-state index contributed by atoms with van der Waals surface area (Å²) in [7, 11) is 0. The molecule has 0 radical (unpaired) electrons. The van der Waals surface area contributed by atoms with E-state index in [-0.39, 0.29) is 6.61 Å². The van der Waals surface area contributed by atoms with E-state index in [9.17, 15) is 0 Å². The molecule has 1 aliphatic rings. The van der Waals surface area contributed by atoms with Gasteiger partial charge in [0, 0.05) is 44.1 Å². The highest BCUT2D eigenvalue weighted by atomic mass is 16.3. The summed E-state index contributed by atoms with van der Waals surface area (Å²) in [6, 6.07) is 6.21. The van der Waals surface area contributed by atoms with Crippen LogP contribution in [0.2, 0.25) is 0 Å². The van der Waals surface area contributed by atoms with Crippen molar-refractivity contribution in [1.82, 2.24) is 4.90 Å². The van der Waals surface area contributed by atoms with Crippen molar-refractivity contribution in [2.24, 2.45) is 0 Å². The summed E-state index contributed by atoms with van der Waals surface area (Å²) in [5.41, 5.74) is 9.12. The number of piperazine rings is 1. The van der Waals surface area contributed by atoms with Crippen LogP contribution in [0, 0.1) is 6.92 Å². The van der Waals surface area contributed by atoms with Crippen LogP contribution in [0.3, 0.4) is 0 Å². The molecule has 1 aromatic rings. The third-order valence-corrected chi connectivity index (χ3v) is 3.24. The molecule has 1 aliphatic heterocycles. The van der Waals surface area contributed by atoms with Crippen molar-refractivity contribution >= 4 is 11.4 Å². The van der Waals surface area contributed by atoms with Crippen molar-refractivity contribution in [3.63, 3.8) is 0 Å². The van der Waals surface area contributed by atoms with Crippen LogP contribution in [0.4, 0.5) is 11.4 Å². The summed E-state index contributed by atoms with van der Waals surface area (Å²) in [4.78, 5) is 4.65. The standard InChI is InChI=1S/C13H21N3O/c1-11-8-12(14)10-13(9-11)16-4-2-15(3-5-16)6-7-17/h8-10,17H,2-7,14H2,1H3. The average Bonchev–Trinajstić information content (AvgIpc) is 2.29. The number of nitrogens with zero attached hydrogens (tertiary/aromatic N) is 2. The molecule has 0 unspecified atom stereocenters. The Hall–Kier alpha value is -1.26. The van der Waals surface area contributed by atoms with Gasteiger partial charge < -0.3 is 15.7 Å². The molecule has 0 atom stereocenters. The molecule has 0 aliphatic carbocycles. The quantitative estimate of drug-likeness (QED) is 0.757. The lowest BCUT2D eigenvalue weighted by Gasteiger charge is -2.36. The van der Waals surface area contributed by atoms with E-state index in [2.05, 4.69) is 22.8 Å². The third kappa shape index (κ3) is 3.11. The molecule has 0 spiro atoms. The van der Waals surface area contributed by atoms with Crippen LogP contribution >= 0.6 is 0 Å². The largest absolute Gasteiger partial charge is 0.399 e. The van der Waals surface area contributed by atoms with Crippen molar-refractivity contribution in [3.05, 3.63) is 23.8 Å². The molecule has 2 rings (SSSR count). The van der Waals surface area contributed by atoms with E-state index in [1.165, 1.54) is 11.3 Å². The Morgan fingerprint density at radius 1 is 1.18 bits per heavy atom. The SMILES string of the molecule is Cc1cc(N)cc(N2CCN(CCO)CC2)c1. The van der Waals surface area contributed by atoms with E-state index in [1.54, 1.807) is 0 Å². The Labute approximate surface area is 103 Å². The maximum Gasteiger partial charge on any atom is 0.0558 e. The van der Waals surface area contributed by atoms with Crippen LogP contribution in [0.15, 0.2) is 18.2 Å². The molecule has 0 amide bonds. The molecule has 4 nitrogen and oxygen atoms in total. The van der Waals surface area contributed by atoms with Gasteiger partial charge in [0.1, 0.15) is 0 Å². The minimum atomic E-state index is 0.247. The third-order valence-electron chi connectivity index (χ3n) is 3.24. The summed E-state index contributed by atoms with van der Waals surface area (Å²) in [5, 5.41) is 8.90. The van der Waals surface area contributed by atoms with E-state index in [1.807, 2.05) is 12.1 Å². The molecule has 1 saturated heterocycles. The van der Waals surface area contributed by atoms with Gasteiger partial charge in [-0.2, -0.15) is 0 Å². The summed E-state index contributed by atoms with van der Waals surface area (Å²) >= 11 is 0. The maximum absolute atomic E-state index is 8.90. The Kier molecular flexibility index (Phi) is 3.86. The van der Waals surface area contributed by atoms with Gasteiger partial charge in [-0.05, 0) is 30.7 Å². The lowest BCUT2D eigenvalue weighted by atomic mass is 10.1. The number of aliphatic hydroxyl groups is 1. The molecule has 0 aromatic heterocycles. The lowest BCUT2D eigenvalue weighted by molar-refractivity contribution is 0.189. The van der Waals surface area contributed by atoms with Crippen LogP contribution in [0.25, 0.3) is 0 Å². The monoisotopic (exact) mass is 235 g/mol. The first kappa shape index (κ1) is 12.2. The first-order valence-corrected chi connectivity index (χ1v) is 6.14. The van der Waals surface area contributed by atoms with Crippen molar-refractivity contribution in [3.8, 4) is 0 Å². The second-order valence-corrected chi connectivity index (χ2v) is 4.65. The highest BCUT2D eigenvalue weighted by molar-refractivity contribution is 5.58. The minimum absolute atomic E-state index is 0.247. The van der Waals surface area contributed by atoms with Gasteiger partial charge in [-0.25, -0.2) is 0 Å². The molecular weight excluding hydrogens is 214 g/mol. The van der Waals surface area contributed by atoms with Crippen LogP contribution in [-0.2, 0) is 0 Å². The summed E-state index contributed by atoms with van der Waals surface area (Å²) < 4.78 is 0. The molecule has 1 heterocycles. The minimum Gasteiger partial charge on any atom is -0.399 e. The maximum atomic E-state index is 8.90. The van der Waals surface area contributed by atoms with Crippen molar-refractivity contribution in [1.29, 1.82) is 0 Å². The fourth-order valence-electron chi connectivity index (χ4n) is 2.35. The van der Waals surface area contributed by atoms with Crippen LogP contribution in [0.5, 0.6) is 0 Å². The van der Waals surface area contributed by atoms with Gasteiger partial charge in [-0.15, -0.1) is 0 Å². The Morgan fingerprint density at radius 3 is 2.47 bits per heavy atom. The predicted octanol–water partition coefficient (Wildman–Crippen LogP) is 0.692. The van der Waals surface area contributed by atoms with E-state index in [0.717, 1.165) is 38.4 Å². The fourth-order valence-corrected chi connectivity index (χ4v) is 2.35. The topological polar surface area (TPSA) is 52.7 Å². The molecule has 1 aromatic carbocycles. The van der Waals surface area contributed by atoms with Gasteiger partial charge in [0.05, 0.1) is 6.61 Å². The number of β-amino-alcohol motifs (C(OH)–C–C–N with tert-alkyl or cyclic N) is 1. The number of aryl methyl sites for hydroxylation is 1. The molecule has 17 heavy (non-hydrogen) atoms. The molecule has 94 valence electrons. The molecular formula is C13H21N3O. The smallest absolute Gasteiger partial charge is 0.0558 e. The van der Waals surface area contributed by atoms with Crippen molar-refractivity contribution < 1.29 is 5.11 Å². The normalized spacial score (nSPS) is 17.4. The number of hydrogen-bond donors (Lipinski definition) is 2. The zero-order valence-electron chi connectivity index (χ0n) is 10.4. The van der Waals surface area contributed by atoms with Gasteiger partial charge >= 0.3 is 0 Å². The Balaban J connectivity index is 2.00. The van der Waals surface area contributed by atoms with Gasteiger partial charge in [0.2, 0.25) is 0 Å². The number of anilines is 2. The van der Waals surface area contributed by atoms with Gasteiger partial charge in [0.25, 0.3) is 0 Å². The first-order valence-electron chi connectivity index (χ1n) is 6.14. The molecule has 0 saturated carbocycles. The molecule has 1 fully saturated rings. The van der Waals surface area contributed by atoms with Gasteiger partial charge in [0.15, 0.2) is 0 Å². The van der Waals surface area contributed by atoms with E-state index >= 15 is 0 Å². The van der Waals surface area contributed by atoms with Crippen LogP contribution in [0.1, 0.15) is 5.56 Å². The average molecular weight is 235 g/mol. The summed E-state index contributed by atoms with van der Waals surface area (Å²) in [6.07, 6.45) is 0. The molecule has 3 N–H and O–H groups in total. The van der Waals surface area contributed by atoms with Crippen molar-refractivity contribution in [2.45, 2.75) is 6.92 Å².